The van der Waals surface area contributed by atoms with Gasteiger partial charge in [0.1, 0.15) is 0 Å². The topological polar surface area (TPSA) is 3.24 Å². The predicted molar refractivity (Wildman–Crippen MR) is 56.4 cm³/mol. The van der Waals surface area contributed by atoms with Gasteiger partial charge in [-0.2, -0.15) is 0 Å². The van der Waals surface area contributed by atoms with E-state index in [4.69, 9.17) is 0 Å². The molecule has 0 saturated heterocycles. The van der Waals surface area contributed by atoms with Gasteiger partial charge in [-0.15, -0.1) is 0 Å². The molecule has 1 heteroatoms. The van der Waals surface area contributed by atoms with Gasteiger partial charge < -0.3 is 4.90 Å². The Morgan fingerprint density at radius 3 is 1.25 bits per heavy atom. The minimum absolute atomic E-state index is 0.271. The Hall–Kier alpha value is -0.0400. The lowest BCUT2D eigenvalue weighted by Gasteiger charge is -2.50. The van der Waals surface area contributed by atoms with Crippen LogP contribution in [0.3, 0.4) is 0 Å². The summed E-state index contributed by atoms with van der Waals surface area (Å²) >= 11 is 0. The molecule has 0 N–H and O–H groups in total. The maximum Gasteiger partial charge on any atom is 0.0246 e. The molecule has 0 heterocycles. The third-order valence-corrected chi connectivity index (χ3v) is 3.57. The lowest BCUT2D eigenvalue weighted by Crippen LogP contribution is -2.55. The highest BCUT2D eigenvalue weighted by Gasteiger charge is 2.41. The van der Waals surface area contributed by atoms with Crippen LogP contribution in [0.2, 0.25) is 0 Å². The van der Waals surface area contributed by atoms with Crippen LogP contribution in [0.25, 0.3) is 0 Å². The lowest BCUT2D eigenvalue weighted by molar-refractivity contribution is 0.00433. The second-order valence-electron chi connectivity index (χ2n) is 5.45. The van der Waals surface area contributed by atoms with Gasteiger partial charge in [-0.1, -0.05) is 34.6 Å². The first-order valence-electron chi connectivity index (χ1n) is 4.81. The van der Waals surface area contributed by atoms with Gasteiger partial charge in [0.25, 0.3) is 0 Å². The van der Waals surface area contributed by atoms with E-state index in [1.165, 1.54) is 0 Å². The van der Waals surface area contributed by atoms with Crippen molar-refractivity contribution in [3.63, 3.8) is 0 Å². The first-order valence-corrected chi connectivity index (χ1v) is 4.81. The van der Waals surface area contributed by atoms with E-state index in [1.54, 1.807) is 0 Å². The Labute approximate surface area is 78.1 Å². The molecule has 1 unspecified atom stereocenters. The summed E-state index contributed by atoms with van der Waals surface area (Å²) < 4.78 is 0. The van der Waals surface area contributed by atoms with E-state index in [9.17, 15) is 0 Å². The smallest absolute Gasteiger partial charge is 0.0246 e. The standard InChI is InChI=1S/C11H25N/c1-9(2)11(6,12(7)8)10(3,4)5/h9H,1-8H3. The van der Waals surface area contributed by atoms with Crippen LogP contribution in [0.15, 0.2) is 0 Å². The molecule has 1 nitrogen and oxygen atoms in total. The monoisotopic (exact) mass is 171 g/mol. The molecule has 0 saturated carbocycles. The zero-order chi connectivity index (χ0) is 10.2. The van der Waals surface area contributed by atoms with Crippen molar-refractivity contribution in [3.05, 3.63) is 0 Å². The van der Waals surface area contributed by atoms with Crippen molar-refractivity contribution < 1.29 is 0 Å². The van der Waals surface area contributed by atoms with Gasteiger partial charge in [0.2, 0.25) is 0 Å². The van der Waals surface area contributed by atoms with Crippen molar-refractivity contribution >= 4 is 0 Å². The SMILES string of the molecule is CC(C)C(C)(N(C)C)C(C)(C)C. The average molecular weight is 171 g/mol. The fourth-order valence-corrected chi connectivity index (χ4v) is 2.05. The van der Waals surface area contributed by atoms with E-state index in [0.29, 0.717) is 11.3 Å². The van der Waals surface area contributed by atoms with Crippen LogP contribution in [0.4, 0.5) is 0 Å². The van der Waals surface area contributed by atoms with Crippen LogP contribution in [-0.4, -0.2) is 24.5 Å². The van der Waals surface area contributed by atoms with Crippen molar-refractivity contribution in [2.75, 3.05) is 14.1 Å². The minimum Gasteiger partial charge on any atom is -0.303 e. The number of rotatable bonds is 2. The number of hydrogen-bond acceptors (Lipinski definition) is 1. The van der Waals surface area contributed by atoms with E-state index >= 15 is 0 Å². The molecule has 0 radical (unpaired) electrons. The average Bonchev–Trinajstić information content (AvgIpc) is 1.82. The van der Waals surface area contributed by atoms with Gasteiger partial charge in [-0.05, 0) is 32.4 Å². The van der Waals surface area contributed by atoms with E-state index < -0.39 is 0 Å². The van der Waals surface area contributed by atoms with Crippen molar-refractivity contribution in [2.45, 2.75) is 47.1 Å². The molecule has 0 amide bonds. The van der Waals surface area contributed by atoms with Crippen LogP contribution in [-0.2, 0) is 0 Å². The third kappa shape index (κ3) is 1.82. The highest BCUT2D eigenvalue weighted by atomic mass is 15.2. The summed E-state index contributed by atoms with van der Waals surface area (Å²) in [6.07, 6.45) is 0. The molecule has 0 aliphatic rings. The maximum atomic E-state index is 2.34. The molecule has 0 aliphatic heterocycles. The van der Waals surface area contributed by atoms with Crippen LogP contribution in [0.1, 0.15) is 41.5 Å². The Bertz CT molecular complexity index is 132. The van der Waals surface area contributed by atoms with Gasteiger partial charge in [-0.25, -0.2) is 0 Å². The second-order valence-corrected chi connectivity index (χ2v) is 5.45. The molecule has 12 heavy (non-hydrogen) atoms. The normalized spacial score (nSPS) is 18.5. The number of nitrogens with zero attached hydrogens (tertiary/aromatic N) is 1. The van der Waals surface area contributed by atoms with E-state index in [0.717, 1.165) is 0 Å². The Balaban J connectivity index is 4.89. The number of hydrogen-bond donors (Lipinski definition) is 0. The highest BCUT2D eigenvalue weighted by Crippen LogP contribution is 2.39. The van der Waals surface area contributed by atoms with Crippen LogP contribution < -0.4 is 0 Å². The molecule has 0 fully saturated rings. The van der Waals surface area contributed by atoms with Gasteiger partial charge in [0.05, 0.1) is 0 Å². The fraction of sp³-hybridized carbons (Fsp3) is 1.00. The van der Waals surface area contributed by atoms with Crippen LogP contribution in [0.5, 0.6) is 0 Å². The Kier molecular flexibility index (Phi) is 3.36. The summed E-state index contributed by atoms with van der Waals surface area (Å²) in [4.78, 5) is 2.34. The third-order valence-electron chi connectivity index (χ3n) is 3.57. The summed E-state index contributed by atoms with van der Waals surface area (Å²) in [6, 6.07) is 0. The molecular weight excluding hydrogens is 146 g/mol. The maximum absolute atomic E-state index is 2.34. The summed E-state index contributed by atoms with van der Waals surface area (Å²) in [5.74, 6) is 0.674. The highest BCUT2D eigenvalue weighted by molar-refractivity contribution is 4.96. The van der Waals surface area contributed by atoms with Crippen molar-refractivity contribution in [1.82, 2.24) is 4.90 Å². The second kappa shape index (κ2) is 3.37. The van der Waals surface area contributed by atoms with Crippen LogP contribution >= 0.6 is 0 Å². The molecule has 0 aromatic rings. The van der Waals surface area contributed by atoms with E-state index in [-0.39, 0.29) is 5.54 Å². The lowest BCUT2D eigenvalue weighted by atomic mass is 9.67. The first kappa shape index (κ1) is 12.0. The molecule has 0 aromatic carbocycles. The first-order chi connectivity index (χ1) is 5.14. The molecule has 0 bridgehead atoms. The largest absolute Gasteiger partial charge is 0.303 e. The van der Waals surface area contributed by atoms with Crippen molar-refractivity contribution in [1.29, 1.82) is 0 Å². The summed E-state index contributed by atoms with van der Waals surface area (Å²) in [6.45, 7) is 13.9. The molecular formula is C11H25N. The fourth-order valence-electron chi connectivity index (χ4n) is 2.05. The molecule has 0 aliphatic carbocycles. The molecule has 0 aromatic heterocycles. The van der Waals surface area contributed by atoms with Gasteiger partial charge in [0.15, 0.2) is 0 Å². The Morgan fingerprint density at radius 1 is 0.917 bits per heavy atom. The molecule has 0 spiro atoms. The zero-order valence-electron chi connectivity index (χ0n) is 10.0. The zero-order valence-corrected chi connectivity index (χ0v) is 10.0. The predicted octanol–water partition coefficient (Wildman–Crippen LogP) is 3.01. The van der Waals surface area contributed by atoms with Gasteiger partial charge in [-0.3, -0.25) is 0 Å². The quantitative estimate of drug-likeness (QED) is 0.617. The minimum atomic E-state index is 0.271. The van der Waals surface area contributed by atoms with Gasteiger partial charge >= 0.3 is 0 Å². The van der Waals surface area contributed by atoms with Crippen LogP contribution in [0, 0.1) is 11.3 Å². The van der Waals surface area contributed by atoms with Crippen molar-refractivity contribution in [3.8, 4) is 0 Å². The molecule has 74 valence electrons. The van der Waals surface area contributed by atoms with E-state index in [2.05, 4.69) is 60.5 Å². The summed E-state index contributed by atoms with van der Waals surface area (Å²) in [7, 11) is 4.34. The molecule has 1 atom stereocenters. The van der Waals surface area contributed by atoms with Gasteiger partial charge in [0, 0.05) is 5.54 Å². The Morgan fingerprint density at radius 2 is 1.25 bits per heavy atom. The summed E-state index contributed by atoms with van der Waals surface area (Å²) in [5, 5.41) is 0. The van der Waals surface area contributed by atoms with Crippen molar-refractivity contribution in [2.24, 2.45) is 11.3 Å². The van der Waals surface area contributed by atoms with E-state index in [1.807, 2.05) is 0 Å². The molecule has 0 rings (SSSR count). The summed E-state index contributed by atoms with van der Waals surface area (Å²) in [5.41, 5.74) is 0.595.